The SMILES string of the molecule is Cc1cc(C(=O)NCc2ccc(OCc3cccnc3)cc2)c2ccccc2n1. The molecule has 1 amide bonds. The van der Waals surface area contributed by atoms with Crippen molar-refractivity contribution in [1.82, 2.24) is 15.3 Å². The third kappa shape index (κ3) is 4.58. The first-order valence-electron chi connectivity index (χ1n) is 9.44. The topological polar surface area (TPSA) is 64.1 Å². The zero-order valence-corrected chi connectivity index (χ0v) is 16.1. The summed E-state index contributed by atoms with van der Waals surface area (Å²) in [6.45, 7) is 2.81. The van der Waals surface area contributed by atoms with Crippen molar-refractivity contribution in [2.24, 2.45) is 0 Å². The number of nitrogens with zero attached hydrogens (tertiary/aromatic N) is 2. The second kappa shape index (κ2) is 8.52. The Hall–Kier alpha value is -3.73. The molecule has 2 aromatic heterocycles. The molecule has 5 heteroatoms. The maximum Gasteiger partial charge on any atom is 0.252 e. The Bertz CT molecular complexity index is 1130. The second-order valence-electron chi connectivity index (χ2n) is 6.80. The van der Waals surface area contributed by atoms with Crippen molar-refractivity contribution in [1.29, 1.82) is 0 Å². The van der Waals surface area contributed by atoms with Crippen LogP contribution in [0, 0.1) is 6.92 Å². The fourth-order valence-electron chi connectivity index (χ4n) is 3.13. The number of rotatable bonds is 6. The number of amides is 1. The fourth-order valence-corrected chi connectivity index (χ4v) is 3.13. The van der Waals surface area contributed by atoms with Crippen LogP contribution in [-0.2, 0) is 13.2 Å². The normalized spacial score (nSPS) is 10.7. The van der Waals surface area contributed by atoms with Gasteiger partial charge in [0, 0.05) is 35.6 Å². The predicted molar refractivity (Wildman–Crippen MR) is 113 cm³/mol. The predicted octanol–water partition coefficient (Wildman–Crippen LogP) is 4.45. The minimum Gasteiger partial charge on any atom is -0.489 e. The van der Waals surface area contributed by atoms with Gasteiger partial charge >= 0.3 is 0 Å². The van der Waals surface area contributed by atoms with Gasteiger partial charge in [-0.2, -0.15) is 0 Å². The van der Waals surface area contributed by atoms with E-state index in [0.29, 0.717) is 18.7 Å². The summed E-state index contributed by atoms with van der Waals surface area (Å²) in [6, 6.07) is 21.1. The lowest BCUT2D eigenvalue weighted by atomic mass is 10.1. The van der Waals surface area contributed by atoms with Gasteiger partial charge in [0.2, 0.25) is 0 Å². The summed E-state index contributed by atoms with van der Waals surface area (Å²) < 4.78 is 5.77. The molecule has 4 aromatic rings. The summed E-state index contributed by atoms with van der Waals surface area (Å²) >= 11 is 0. The Balaban J connectivity index is 1.38. The van der Waals surface area contributed by atoms with E-state index in [4.69, 9.17) is 4.74 Å². The molecule has 0 saturated carbocycles. The molecular formula is C24H21N3O2. The van der Waals surface area contributed by atoms with Crippen molar-refractivity contribution >= 4 is 16.8 Å². The monoisotopic (exact) mass is 383 g/mol. The summed E-state index contributed by atoms with van der Waals surface area (Å²) in [5.74, 6) is 0.670. The number of para-hydroxylation sites is 1. The molecule has 1 N–H and O–H groups in total. The number of carbonyl (C=O) groups is 1. The van der Waals surface area contributed by atoms with Crippen LogP contribution in [0.4, 0.5) is 0 Å². The number of carbonyl (C=O) groups excluding carboxylic acids is 1. The summed E-state index contributed by atoms with van der Waals surface area (Å²) in [5.41, 5.74) is 4.31. The highest BCUT2D eigenvalue weighted by Gasteiger charge is 2.11. The Morgan fingerprint density at radius 1 is 1.00 bits per heavy atom. The molecule has 0 aliphatic rings. The van der Waals surface area contributed by atoms with Crippen LogP contribution >= 0.6 is 0 Å². The standard InChI is InChI=1S/C24H21N3O2/c1-17-13-22(21-6-2-3-7-23(21)27-17)24(28)26-15-18-8-10-20(11-9-18)29-16-19-5-4-12-25-14-19/h2-14H,15-16H2,1H3,(H,26,28). The Kier molecular flexibility index (Phi) is 5.47. The van der Waals surface area contributed by atoms with E-state index in [0.717, 1.165) is 33.5 Å². The molecule has 0 saturated heterocycles. The summed E-state index contributed by atoms with van der Waals surface area (Å²) in [7, 11) is 0. The molecule has 29 heavy (non-hydrogen) atoms. The quantitative estimate of drug-likeness (QED) is 0.534. The Morgan fingerprint density at radius 2 is 1.83 bits per heavy atom. The number of hydrogen-bond acceptors (Lipinski definition) is 4. The van der Waals surface area contributed by atoms with E-state index in [-0.39, 0.29) is 5.91 Å². The average molecular weight is 383 g/mol. The highest BCUT2D eigenvalue weighted by atomic mass is 16.5. The lowest BCUT2D eigenvalue weighted by Gasteiger charge is -2.10. The summed E-state index contributed by atoms with van der Waals surface area (Å²) in [6.07, 6.45) is 3.52. The molecular weight excluding hydrogens is 362 g/mol. The molecule has 2 heterocycles. The zero-order chi connectivity index (χ0) is 20.1. The van der Waals surface area contributed by atoms with Crippen molar-refractivity contribution in [3.63, 3.8) is 0 Å². The third-order valence-corrected chi connectivity index (χ3v) is 4.59. The van der Waals surface area contributed by atoms with Gasteiger partial charge in [-0.3, -0.25) is 14.8 Å². The van der Waals surface area contributed by atoms with Crippen LogP contribution in [0.5, 0.6) is 5.75 Å². The van der Waals surface area contributed by atoms with Crippen LogP contribution in [0.1, 0.15) is 27.2 Å². The first-order chi connectivity index (χ1) is 14.2. The van der Waals surface area contributed by atoms with Crippen molar-refractivity contribution in [3.05, 3.63) is 102 Å². The van der Waals surface area contributed by atoms with Crippen LogP contribution in [-0.4, -0.2) is 15.9 Å². The lowest BCUT2D eigenvalue weighted by Crippen LogP contribution is -2.23. The molecule has 0 bridgehead atoms. The van der Waals surface area contributed by atoms with E-state index in [1.54, 1.807) is 12.4 Å². The molecule has 0 atom stereocenters. The molecule has 5 nitrogen and oxygen atoms in total. The molecule has 2 aromatic carbocycles. The zero-order valence-electron chi connectivity index (χ0n) is 16.1. The number of nitrogens with one attached hydrogen (secondary N) is 1. The van der Waals surface area contributed by atoms with Gasteiger partial charge in [0.05, 0.1) is 11.1 Å². The first-order valence-corrected chi connectivity index (χ1v) is 9.44. The number of pyridine rings is 2. The van der Waals surface area contributed by atoms with Gasteiger partial charge < -0.3 is 10.1 Å². The van der Waals surface area contributed by atoms with E-state index in [2.05, 4.69) is 15.3 Å². The van der Waals surface area contributed by atoms with Crippen LogP contribution in [0.15, 0.2) is 79.1 Å². The van der Waals surface area contributed by atoms with Gasteiger partial charge in [-0.05, 0) is 42.8 Å². The van der Waals surface area contributed by atoms with Gasteiger partial charge in [-0.1, -0.05) is 36.4 Å². The van der Waals surface area contributed by atoms with E-state index >= 15 is 0 Å². The molecule has 0 radical (unpaired) electrons. The van der Waals surface area contributed by atoms with Gasteiger partial charge in [-0.15, -0.1) is 0 Å². The van der Waals surface area contributed by atoms with E-state index in [9.17, 15) is 4.79 Å². The maximum absolute atomic E-state index is 12.7. The molecule has 144 valence electrons. The summed E-state index contributed by atoms with van der Waals surface area (Å²) in [5, 5.41) is 3.85. The average Bonchev–Trinajstić information content (AvgIpc) is 2.77. The van der Waals surface area contributed by atoms with Crippen molar-refractivity contribution in [2.75, 3.05) is 0 Å². The minimum absolute atomic E-state index is 0.108. The summed E-state index contributed by atoms with van der Waals surface area (Å²) in [4.78, 5) is 21.3. The molecule has 0 aliphatic carbocycles. The maximum atomic E-state index is 12.7. The molecule has 0 fully saturated rings. The number of hydrogen-bond donors (Lipinski definition) is 1. The van der Waals surface area contributed by atoms with Crippen molar-refractivity contribution < 1.29 is 9.53 Å². The molecule has 4 rings (SSSR count). The van der Waals surface area contributed by atoms with Gasteiger partial charge in [0.1, 0.15) is 12.4 Å². The van der Waals surface area contributed by atoms with Gasteiger partial charge in [0.25, 0.3) is 5.91 Å². The third-order valence-electron chi connectivity index (χ3n) is 4.59. The number of aromatic nitrogens is 2. The smallest absolute Gasteiger partial charge is 0.252 e. The van der Waals surface area contributed by atoms with Crippen molar-refractivity contribution in [2.45, 2.75) is 20.1 Å². The van der Waals surface area contributed by atoms with Gasteiger partial charge in [-0.25, -0.2) is 0 Å². The van der Waals surface area contributed by atoms with Crippen molar-refractivity contribution in [3.8, 4) is 5.75 Å². The first kappa shape index (κ1) is 18.6. The molecule has 0 spiro atoms. The minimum atomic E-state index is -0.108. The fraction of sp³-hybridized carbons (Fsp3) is 0.125. The molecule has 0 aliphatic heterocycles. The number of benzene rings is 2. The van der Waals surface area contributed by atoms with E-state index < -0.39 is 0 Å². The van der Waals surface area contributed by atoms with Crippen LogP contribution < -0.4 is 10.1 Å². The van der Waals surface area contributed by atoms with E-state index in [1.807, 2.05) is 73.7 Å². The lowest BCUT2D eigenvalue weighted by molar-refractivity contribution is 0.0952. The highest BCUT2D eigenvalue weighted by molar-refractivity contribution is 6.06. The highest BCUT2D eigenvalue weighted by Crippen LogP contribution is 2.19. The van der Waals surface area contributed by atoms with Crippen LogP contribution in [0.3, 0.4) is 0 Å². The largest absolute Gasteiger partial charge is 0.489 e. The van der Waals surface area contributed by atoms with Gasteiger partial charge in [0.15, 0.2) is 0 Å². The number of aryl methyl sites for hydroxylation is 1. The van der Waals surface area contributed by atoms with E-state index in [1.165, 1.54) is 0 Å². The Labute approximate surface area is 169 Å². The number of fused-ring (bicyclic) bond motifs is 1. The number of ether oxygens (including phenoxy) is 1. The van der Waals surface area contributed by atoms with Crippen LogP contribution in [0.2, 0.25) is 0 Å². The molecule has 0 unspecified atom stereocenters. The Morgan fingerprint density at radius 3 is 2.62 bits per heavy atom. The van der Waals surface area contributed by atoms with Crippen LogP contribution in [0.25, 0.3) is 10.9 Å². The second-order valence-corrected chi connectivity index (χ2v) is 6.80.